The molecule has 2 rings (SSSR count). The van der Waals surface area contributed by atoms with Crippen molar-refractivity contribution in [3.8, 4) is 0 Å². The zero-order valence-electron chi connectivity index (χ0n) is 11.8. The van der Waals surface area contributed by atoms with Gasteiger partial charge in [-0.2, -0.15) is 0 Å². The minimum Gasteiger partial charge on any atom is -0.355 e. The maximum absolute atomic E-state index is 11.7. The molecule has 2 N–H and O–H groups in total. The second-order valence-corrected chi connectivity index (χ2v) is 5.88. The number of carbonyl (C=O) groups excluding carboxylic acids is 1. The first-order valence-electron chi connectivity index (χ1n) is 7.48. The fraction of sp³-hybridized carbons (Fsp3) is 0.562. The highest BCUT2D eigenvalue weighted by Crippen LogP contribution is 2.16. The predicted octanol–water partition coefficient (Wildman–Crippen LogP) is 2.92. The van der Waals surface area contributed by atoms with Crippen LogP contribution in [-0.4, -0.2) is 25.0 Å². The van der Waals surface area contributed by atoms with Gasteiger partial charge in [0.1, 0.15) is 0 Å². The van der Waals surface area contributed by atoms with Crippen LogP contribution in [0.15, 0.2) is 24.3 Å². The third-order valence-corrected chi connectivity index (χ3v) is 4.06. The minimum atomic E-state index is 0.0875. The quantitative estimate of drug-likeness (QED) is 0.847. The Balaban J connectivity index is 1.58. The monoisotopic (exact) mass is 294 g/mol. The molecule has 4 heteroatoms. The van der Waals surface area contributed by atoms with E-state index in [4.69, 9.17) is 11.6 Å². The number of halogens is 1. The second kappa shape index (κ2) is 8.28. The molecule has 0 saturated heterocycles. The van der Waals surface area contributed by atoms with E-state index in [0.717, 1.165) is 11.4 Å². The summed E-state index contributed by atoms with van der Waals surface area (Å²) in [5.74, 6) is 0.0875. The average molecular weight is 295 g/mol. The summed E-state index contributed by atoms with van der Waals surface area (Å²) in [5.41, 5.74) is 1.19. The molecule has 0 heterocycles. The highest BCUT2D eigenvalue weighted by molar-refractivity contribution is 6.30. The number of rotatable bonds is 6. The molecular weight excluding hydrogens is 272 g/mol. The van der Waals surface area contributed by atoms with E-state index in [9.17, 15) is 4.79 Å². The number of hydrogen-bond acceptors (Lipinski definition) is 2. The van der Waals surface area contributed by atoms with E-state index in [1.54, 1.807) is 0 Å². The maximum atomic E-state index is 11.7. The summed E-state index contributed by atoms with van der Waals surface area (Å²) in [7, 11) is 0. The summed E-state index contributed by atoms with van der Waals surface area (Å²) in [5, 5.41) is 7.04. The van der Waals surface area contributed by atoms with Crippen molar-refractivity contribution >= 4 is 17.5 Å². The molecule has 0 bridgehead atoms. The van der Waals surface area contributed by atoms with Gasteiger partial charge in [0.25, 0.3) is 0 Å². The van der Waals surface area contributed by atoms with Gasteiger partial charge in [-0.3, -0.25) is 4.79 Å². The smallest absolute Gasteiger partial charge is 0.233 e. The Bertz CT molecular complexity index is 413. The standard InChI is InChI=1S/C16H23ClN2O/c17-14-8-6-13(7-9-14)10-11-18-16(20)12-19-15-4-2-1-3-5-15/h6-9,15,19H,1-5,10-12H2,(H,18,20). The van der Waals surface area contributed by atoms with E-state index >= 15 is 0 Å². The molecule has 1 saturated carbocycles. The lowest BCUT2D eigenvalue weighted by Gasteiger charge is -2.22. The van der Waals surface area contributed by atoms with Crippen LogP contribution in [-0.2, 0) is 11.2 Å². The Labute approximate surface area is 126 Å². The van der Waals surface area contributed by atoms with Gasteiger partial charge in [-0.05, 0) is 37.0 Å². The molecule has 1 aliphatic rings. The van der Waals surface area contributed by atoms with E-state index in [1.165, 1.54) is 37.7 Å². The molecule has 0 atom stereocenters. The van der Waals surface area contributed by atoms with Gasteiger partial charge in [-0.25, -0.2) is 0 Å². The van der Waals surface area contributed by atoms with Gasteiger partial charge in [0.2, 0.25) is 5.91 Å². The highest BCUT2D eigenvalue weighted by atomic mass is 35.5. The third kappa shape index (κ3) is 5.51. The lowest BCUT2D eigenvalue weighted by molar-refractivity contribution is -0.120. The lowest BCUT2D eigenvalue weighted by atomic mass is 9.95. The molecule has 110 valence electrons. The van der Waals surface area contributed by atoms with Crippen LogP contribution in [0.1, 0.15) is 37.7 Å². The molecule has 1 fully saturated rings. The summed E-state index contributed by atoms with van der Waals surface area (Å²) in [6.45, 7) is 1.11. The first kappa shape index (κ1) is 15.3. The van der Waals surface area contributed by atoms with Crippen molar-refractivity contribution in [2.75, 3.05) is 13.1 Å². The zero-order valence-corrected chi connectivity index (χ0v) is 12.6. The van der Waals surface area contributed by atoms with Crippen LogP contribution in [0.3, 0.4) is 0 Å². The lowest BCUT2D eigenvalue weighted by Crippen LogP contribution is -2.40. The maximum Gasteiger partial charge on any atom is 0.233 e. The molecule has 1 amide bonds. The molecule has 0 unspecified atom stereocenters. The van der Waals surface area contributed by atoms with E-state index in [0.29, 0.717) is 19.1 Å². The van der Waals surface area contributed by atoms with Gasteiger partial charge in [0.15, 0.2) is 0 Å². The Kier molecular flexibility index (Phi) is 6.34. The third-order valence-electron chi connectivity index (χ3n) is 3.81. The molecule has 1 aliphatic carbocycles. The molecule has 0 aliphatic heterocycles. The Morgan fingerprint density at radius 3 is 2.55 bits per heavy atom. The van der Waals surface area contributed by atoms with E-state index in [2.05, 4.69) is 10.6 Å². The van der Waals surface area contributed by atoms with Gasteiger partial charge in [-0.15, -0.1) is 0 Å². The highest BCUT2D eigenvalue weighted by Gasteiger charge is 2.13. The Morgan fingerprint density at radius 2 is 1.85 bits per heavy atom. The first-order chi connectivity index (χ1) is 9.74. The van der Waals surface area contributed by atoms with Crippen LogP contribution < -0.4 is 10.6 Å². The van der Waals surface area contributed by atoms with Crippen LogP contribution in [0.5, 0.6) is 0 Å². The molecule has 0 spiro atoms. The number of carbonyl (C=O) groups is 1. The van der Waals surface area contributed by atoms with Crippen molar-refractivity contribution in [1.29, 1.82) is 0 Å². The molecule has 1 aromatic rings. The van der Waals surface area contributed by atoms with E-state index in [-0.39, 0.29) is 5.91 Å². The van der Waals surface area contributed by atoms with Crippen molar-refractivity contribution < 1.29 is 4.79 Å². The SMILES string of the molecule is O=C(CNC1CCCCC1)NCCc1ccc(Cl)cc1. The van der Waals surface area contributed by atoms with Gasteiger partial charge >= 0.3 is 0 Å². The number of benzene rings is 1. The predicted molar refractivity (Wildman–Crippen MR) is 83.0 cm³/mol. The first-order valence-corrected chi connectivity index (χ1v) is 7.86. The fourth-order valence-electron chi connectivity index (χ4n) is 2.60. The van der Waals surface area contributed by atoms with Crippen LogP contribution in [0.25, 0.3) is 0 Å². The van der Waals surface area contributed by atoms with Crippen LogP contribution in [0.2, 0.25) is 5.02 Å². The van der Waals surface area contributed by atoms with Gasteiger partial charge in [-0.1, -0.05) is 43.0 Å². The van der Waals surface area contributed by atoms with Crippen LogP contribution in [0, 0.1) is 0 Å². The summed E-state index contributed by atoms with van der Waals surface area (Å²) in [4.78, 5) is 11.7. The molecule has 3 nitrogen and oxygen atoms in total. The number of hydrogen-bond donors (Lipinski definition) is 2. The Hall–Kier alpha value is -1.06. The van der Waals surface area contributed by atoms with Gasteiger partial charge < -0.3 is 10.6 Å². The van der Waals surface area contributed by atoms with Crippen LogP contribution >= 0.6 is 11.6 Å². The summed E-state index contributed by atoms with van der Waals surface area (Å²) in [6.07, 6.45) is 7.17. The van der Waals surface area contributed by atoms with Crippen molar-refractivity contribution in [1.82, 2.24) is 10.6 Å². The average Bonchev–Trinajstić information content (AvgIpc) is 2.48. The number of amides is 1. The normalized spacial score (nSPS) is 16.1. The van der Waals surface area contributed by atoms with Crippen molar-refractivity contribution in [2.45, 2.75) is 44.6 Å². The van der Waals surface area contributed by atoms with Crippen molar-refractivity contribution in [2.24, 2.45) is 0 Å². The molecule has 1 aromatic carbocycles. The van der Waals surface area contributed by atoms with Gasteiger partial charge in [0.05, 0.1) is 6.54 Å². The zero-order chi connectivity index (χ0) is 14.2. The van der Waals surface area contributed by atoms with Crippen molar-refractivity contribution in [3.63, 3.8) is 0 Å². The fourth-order valence-corrected chi connectivity index (χ4v) is 2.73. The second-order valence-electron chi connectivity index (χ2n) is 5.44. The topological polar surface area (TPSA) is 41.1 Å². The molecular formula is C16H23ClN2O. The summed E-state index contributed by atoms with van der Waals surface area (Å²) < 4.78 is 0. The molecule has 20 heavy (non-hydrogen) atoms. The van der Waals surface area contributed by atoms with Crippen LogP contribution in [0.4, 0.5) is 0 Å². The number of nitrogens with one attached hydrogen (secondary N) is 2. The largest absolute Gasteiger partial charge is 0.355 e. The van der Waals surface area contributed by atoms with E-state index < -0.39 is 0 Å². The minimum absolute atomic E-state index is 0.0875. The molecule has 0 radical (unpaired) electrons. The molecule has 0 aromatic heterocycles. The van der Waals surface area contributed by atoms with Crippen molar-refractivity contribution in [3.05, 3.63) is 34.9 Å². The summed E-state index contributed by atoms with van der Waals surface area (Å²) >= 11 is 5.83. The van der Waals surface area contributed by atoms with Gasteiger partial charge in [0, 0.05) is 17.6 Å². The summed E-state index contributed by atoms with van der Waals surface area (Å²) in [6, 6.07) is 8.28. The Morgan fingerprint density at radius 1 is 1.15 bits per heavy atom. The van der Waals surface area contributed by atoms with E-state index in [1.807, 2.05) is 24.3 Å².